The van der Waals surface area contributed by atoms with Gasteiger partial charge in [0.2, 0.25) is 0 Å². The van der Waals surface area contributed by atoms with E-state index in [2.05, 4.69) is 5.10 Å². The molecule has 0 aliphatic carbocycles. The van der Waals surface area contributed by atoms with Gasteiger partial charge in [0.05, 0.1) is 29.8 Å². The van der Waals surface area contributed by atoms with Crippen LogP contribution in [0.25, 0.3) is 10.9 Å². The second-order valence-electron chi connectivity index (χ2n) is 4.07. The number of fused-ring (bicyclic) bond motifs is 1. The van der Waals surface area contributed by atoms with Crippen LogP contribution in [0, 0.1) is 0 Å². The normalized spacial score (nSPS) is 11.6. The number of hydrogen-bond donors (Lipinski definition) is 0. The molecule has 0 fully saturated rings. The van der Waals surface area contributed by atoms with Crippen molar-refractivity contribution in [3.8, 4) is 5.75 Å². The van der Waals surface area contributed by atoms with Crippen LogP contribution in [0.4, 0.5) is 0 Å². The van der Waals surface area contributed by atoms with E-state index in [1.165, 1.54) is 6.08 Å². The SMILES string of the molecule is CCOC(=O)/C=C(/C)Oc1cccc2c1cnn2C. The summed E-state index contributed by atoms with van der Waals surface area (Å²) in [6, 6.07) is 5.68. The Morgan fingerprint density at radius 2 is 2.26 bits per heavy atom. The van der Waals surface area contributed by atoms with Crippen LogP contribution in [0.5, 0.6) is 5.75 Å². The monoisotopic (exact) mass is 260 g/mol. The highest BCUT2D eigenvalue weighted by molar-refractivity contribution is 5.86. The van der Waals surface area contributed by atoms with Gasteiger partial charge >= 0.3 is 5.97 Å². The van der Waals surface area contributed by atoms with Crippen molar-refractivity contribution < 1.29 is 14.3 Å². The van der Waals surface area contributed by atoms with E-state index in [1.54, 1.807) is 24.7 Å². The molecular weight excluding hydrogens is 244 g/mol. The lowest BCUT2D eigenvalue weighted by Crippen LogP contribution is -2.02. The van der Waals surface area contributed by atoms with Crippen molar-refractivity contribution in [1.29, 1.82) is 0 Å². The van der Waals surface area contributed by atoms with Crippen molar-refractivity contribution in [3.63, 3.8) is 0 Å². The first-order valence-corrected chi connectivity index (χ1v) is 6.05. The maximum absolute atomic E-state index is 11.3. The van der Waals surface area contributed by atoms with Crippen LogP contribution in [-0.4, -0.2) is 22.4 Å². The number of carbonyl (C=O) groups is 1. The van der Waals surface area contributed by atoms with Crippen LogP contribution < -0.4 is 4.74 Å². The Kier molecular flexibility index (Phi) is 3.85. The van der Waals surface area contributed by atoms with Crippen LogP contribution in [0.15, 0.2) is 36.2 Å². The van der Waals surface area contributed by atoms with E-state index in [0.29, 0.717) is 18.1 Å². The highest BCUT2D eigenvalue weighted by atomic mass is 16.5. The molecule has 0 radical (unpaired) electrons. The van der Waals surface area contributed by atoms with Gasteiger partial charge < -0.3 is 9.47 Å². The number of carbonyl (C=O) groups excluding carboxylic acids is 1. The predicted octanol–water partition coefficient (Wildman–Crippen LogP) is 2.42. The van der Waals surface area contributed by atoms with E-state index < -0.39 is 5.97 Å². The van der Waals surface area contributed by atoms with Crippen molar-refractivity contribution in [3.05, 3.63) is 36.2 Å². The minimum Gasteiger partial charge on any atom is -0.463 e. The highest BCUT2D eigenvalue weighted by Crippen LogP contribution is 2.26. The van der Waals surface area contributed by atoms with Crippen molar-refractivity contribution in [2.45, 2.75) is 13.8 Å². The number of aromatic nitrogens is 2. The first-order valence-electron chi connectivity index (χ1n) is 6.05. The van der Waals surface area contributed by atoms with Crippen molar-refractivity contribution >= 4 is 16.9 Å². The van der Waals surface area contributed by atoms with Gasteiger partial charge in [-0.1, -0.05) is 6.07 Å². The largest absolute Gasteiger partial charge is 0.463 e. The van der Waals surface area contributed by atoms with E-state index in [-0.39, 0.29) is 0 Å². The molecule has 0 aliphatic heterocycles. The molecule has 2 aromatic rings. The lowest BCUT2D eigenvalue weighted by Gasteiger charge is -2.07. The number of allylic oxidation sites excluding steroid dienone is 1. The van der Waals surface area contributed by atoms with E-state index in [4.69, 9.17) is 9.47 Å². The third kappa shape index (κ3) is 2.93. The smallest absolute Gasteiger partial charge is 0.334 e. The van der Waals surface area contributed by atoms with Crippen molar-refractivity contribution in [2.24, 2.45) is 7.05 Å². The van der Waals surface area contributed by atoms with Gasteiger partial charge in [0.1, 0.15) is 11.5 Å². The molecule has 1 heterocycles. The molecule has 5 heteroatoms. The molecule has 1 aromatic carbocycles. The molecule has 19 heavy (non-hydrogen) atoms. The lowest BCUT2D eigenvalue weighted by molar-refractivity contribution is -0.137. The molecule has 0 unspecified atom stereocenters. The summed E-state index contributed by atoms with van der Waals surface area (Å²) >= 11 is 0. The third-order valence-corrected chi connectivity index (χ3v) is 2.63. The van der Waals surface area contributed by atoms with Gasteiger partial charge in [-0.3, -0.25) is 4.68 Å². The molecule has 0 saturated heterocycles. The summed E-state index contributed by atoms with van der Waals surface area (Å²) in [5.74, 6) is 0.747. The zero-order valence-electron chi connectivity index (χ0n) is 11.2. The Bertz CT molecular complexity index is 629. The Hall–Kier alpha value is -2.30. The molecule has 0 N–H and O–H groups in total. The van der Waals surface area contributed by atoms with Gasteiger partial charge in [-0.25, -0.2) is 4.79 Å². The number of hydrogen-bond acceptors (Lipinski definition) is 4. The Morgan fingerprint density at radius 3 is 3.00 bits per heavy atom. The molecule has 0 saturated carbocycles. The first-order chi connectivity index (χ1) is 9.11. The summed E-state index contributed by atoms with van der Waals surface area (Å²) in [6.07, 6.45) is 3.07. The standard InChI is InChI=1S/C14H16N2O3/c1-4-18-14(17)8-10(2)19-13-7-5-6-12-11(13)9-15-16(12)3/h5-9H,4H2,1-3H3/b10-8-. The quantitative estimate of drug-likeness (QED) is 0.481. The molecule has 100 valence electrons. The second kappa shape index (κ2) is 5.56. The first kappa shape index (κ1) is 13.1. The van der Waals surface area contributed by atoms with Crippen LogP contribution >= 0.6 is 0 Å². The van der Waals surface area contributed by atoms with Crippen LogP contribution in [0.1, 0.15) is 13.8 Å². The maximum atomic E-state index is 11.3. The fourth-order valence-electron chi connectivity index (χ4n) is 1.79. The predicted molar refractivity (Wildman–Crippen MR) is 71.7 cm³/mol. The van der Waals surface area contributed by atoms with E-state index in [0.717, 1.165) is 10.9 Å². The molecule has 2 rings (SSSR count). The molecule has 0 aliphatic rings. The van der Waals surface area contributed by atoms with E-state index in [9.17, 15) is 4.79 Å². The third-order valence-electron chi connectivity index (χ3n) is 2.63. The number of ether oxygens (including phenoxy) is 2. The number of aryl methyl sites for hydroxylation is 1. The highest BCUT2D eigenvalue weighted by Gasteiger charge is 2.07. The Balaban J connectivity index is 2.24. The fourth-order valence-corrected chi connectivity index (χ4v) is 1.79. The maximum Gasteiger partial charge on any atom is 0.334 e. The summed E-state index contributed by atoms with van der Waals surface area (Å²) in [5.41, 5.74) is 0.974. The molecule has 0 atom stereocenters. The van der Waals surface area contributed by atoms with Crippen LogP contribution in [-0.2, 0) is 16.6 Å². The summed E-state index contributed by atoms with van der Waals surface area (Å²) in [6.45, 7) is 3.82. The van der Waals surface area contributed by atoms with Crippen molar-refractivity contribution in [2.75, 3.05) is 6.61 Å². The summed E-state index contributed by atoms with van der Waals surface area (Å²) in [5, 5.41) is 5.08. The zero-order valence-corrected chi connectivity index (χ0v) is 11.2. The second-order valence-corrected chi connectivity index (χ2v) is 4.07. The molecule has 0 spiro atoms. The van der Waals surface area contributed by atoms with Crippen LogP contribution in [0.3, 0.4) is 0 Å². The van der Waals surface area contributed by atoms with Gasteiger partial charge in [0.15, 0.2) is 0 Å². The number of benzene rings is 1. The van der Waals surface area contributed by atoms with Gasteiger partial charge in [0, 0.05) is 7.05 Å². The van der Waals surface area contributed by atoms with Crippen LogP contribution in [0.2, 0.25) is 0 Å². The fraction of sp³-hybridized carbons (Fsp3) is 0.286. The summed E-state index contributed by atoms with van der Waals surface area (Å²) in [4.78, 5) is 11.3. The van der Waals surface area contributed by atoms with Gasteiger partial charge in [-0.05, 0) is 26.0 Å². The van der Waals surface area contributed by atoms with Gasteiger partial charge in [-0.2, -0.15) is 5.10 Å². The lowest BCUT2D eigenvalue weighted by atomic mass is 10.2. The van der Waals surface area contributed by atoms with E-state index >= 15 is 0 Å². The molecule has 1 aromatic heterocycles. The van der Waals surface area contributed by atoms with Crippen molar-refractivity contribution in [1.82, 2.24) is 9.78 Å². The number of nitrogens with zero attached hydrogens (tertiary/aromatic N) is 2. The van der Waals surface area contributed by atoms with Gasteiger partial charge in [-0.15, -0.1) is 0 Å². The molecule has 5 nitrogen and oxygen atoms in total. The minimum atomic E-state index is -0.404. The molecular formula is C14H16N2O3. The summed E-state index contributed by atoms with van der Waals surface area (Å²) in [7, 11) is 1.87. The number of rotatable bonds is 4. The minimum absolute atomic E-state index is 0.348. The average Bonchev–Trinajstić information content (AvgIpc) is 2.72. The van der Waals surface area contributed by atoms with Gasteiger partial charge in [0.25, 0.3) is 0 Å². The Labute approximate surface area is 111 Å². The van der Waals surface area contributed by atoms with E-state index in [1.807, 2.05) is 25.2 Å². The average molecular weight is 260 g/mol. The topological polar surface area (TPSA) is 53.4 Å². The molecule has 0 bridgehead atoms. The number of esters is 1. The Morgan fingerprint density at radius 1 is 1.47 bits per heavy atom. The zero-order chi connectivity index (χ0) is 13.8. The summed E-state index contributed by atoms with van der Waals surface area (Å²) < 4.78 is 12.3. The molecule has 0 amide bonds.